The van der Waals surface area contributed by atoms with E-state index >= 15 is 0 Å². The molecule has 30 heavy (non-hydrogen) atoms. The Morgan fingerprint density at radius 2 is 1.63 bits per heavy atom. The molecule has 1 fully saturated rings. The minimum atomic E-state index is -4.69. The van der Waals surface area contributed by atoms with Crippen LogP contribution in [0.25, 0.3) is 0 Å². The van der Waals surface area contributed by atoms with E-state index in [-0.39, 0.29) is 11.6 Å². The van der Waals surface area contributed by atoms with Crippen LogP contribution in [0.4, 0.5) is 17.6 Å². The Kier molecular flexibility index (Phi) is 7.79. The van der Waals surface area contributed by atoms with Gasteiger partial charge in [0.25, 0.3) is 0 Å². The van der Waals surface area contributed by atoms with E-state index < -0.39 is 6.36 Å². The van der Waals surface area contributed by atoms with Crippen molar-refractivity contribution in [3.8, 4) is 5.75 Å². The summed E-state index contributed by atoms with van der Waals surface area (Å²) < 4.78 is 55.2. The first kappa shape index (κ1) is 22.6. The monoisotopic (exact) mass is 422 g/mol. The Morgan fingerprint density at radius 3 is 2.23 bits per heavy atom. The molecule has 0 aromatic heterocycles. The Morgan fingerprint density at radius 1 is 0.933 bits per heavy atom. The van der Waals surface area contributed by atoms with Crippen molar-refractivity contribution in [1.82, 2.24) is 0 Å². The van der Waals surface area contributed by atoms with Gasteiger partial charge in [0.05, 0.1) is 0 Å². The first-order valence-corrected chi connectivity index (χ1v) is 11.0. The first-order chi connectivity index (χ1) is 14.3. The zero-order valence-corrected chi connectivity index (χ0v) is 17.5. The highest BCUT2D eigenvalue weighted by atomic mass is 19.4. The van der Waals surface area contributed by atoms with Gasteiger partial charge in [-0.1, -0.05) is 50.5 Å². The average Bonchev–Trinajstić information content (AvgIpc) is 2.72. The molecule has 0 aliphatic heterocycles. The summed E-state index contributed by atoms with van der Waals surface area (Å²) in [6.07, 6.45) is 5.00. The zero-order valence-electron chi connectivity index (χ0n) is 17.5. The average molecular weight is 423 g/mol. The minimum Gasteiger partial charge on any atom is -0.406 e. The fourth-order valence-corrected chi connectivity index (χ4v) is 4.43. The van der Waals surface area contributed by atoms with Crippen molar-refractivity contribution in [2.75, 3.05) is 0 Å². The number of hydrogen-bond donors (Lipinski definition) is 0. The summed E-state index contributed by atoms with van der Waals surface area (Å²) >= 11 is 0. The predicted octanol–water partition coefficient (Wildman–Crippen LogP) is 7.97. The molecule has 2 aromatic rings. The van der Waals surface area contributed by atoms with Crippen molar-refractivity contribution in [3.05, 3.63) is 65.0 Å². The zero-order chi connectivity index (χ0) is 21.6. The highest BCUT2D eigenvalue weighted by Crippen LogP contribution is 2.38. The molecule has 2 aromatic carbocycles. The third-order valence-electron chi connectivity index (χ3n) is 6.20. The van der Waals surface area contributed by atoms with Gasteiger partial charge in [-0.05, 0) is 85.3 Å². The molecule has 1 aliphatic rings. The molecule has 0 unspecified atom stereocenters. The summed E-state index contributed by atoms with van der Waals surface area (Å²) in [5, 5.41) is 0. The molecule has 0 spiro atoms. The molecule has 1 saturated carbocycles. The Hall–Kier alpha value is -2.04. The molecule has 0 saturated heterocycles. The van der Waals surface area contributed by atoms with Crippen molar-refractivity contribution < 1.29 is 22.3 Å². The number of unbranched alkanes of at least 4 members (excludes halogenated alkanes) is 1. The van der Waals surface area contributed by atoms with Crippen LogP contribution in [-0.4, -0.2) is 6.36 Å². The lowest BCUT2D eigenvalue weighted by atomic mass is 9.77. The van der Waals surface area contributed by atoms with E-state index in [0.717, 1.165) is 29.9 Å². The molecule has 5 heteroatoms. The lowest BCUT2D eigenvalue weighted by Gasteiger charge is -2.29. The van der Waals surface area contributed by atoms with Gasteiger partial charge in [-0.3, -0.25) is 0 Å². The number of rotatable bonds is 8. The number of halogens is 4. The maximum atomic E-state index is 14.7. The van der Waals surface area contributed by atoms with Crippen LogP contribution in [-0.2, 0) is 12.8 Å². The molecule has 0 atom stereocenters. The van der Waals surface area contributed by atoms with Gasteiger partial charge in [0.15, 0.2) is 0 Å². The highest BCUT2D eigenvalue weighted by Gasteiger charge is 2.31. The molecule has 0 bridgehead atoms. The van der Waals surface area contributed by atoms with Gasteiger partial charge in [-0.2, -0.15) is 0 Å². The number of ether oxygens (including phenoxy) is 1. The lowest BCUT2D eigenvalue weighted by molar-refractivity contribution is -0.274. The molecule has 1 aliphatic carbocycles. The second kappa shape index (κ2) is 10.3. The molecular weight excluding hydrogens is 392 g/mol. The SMILES string of the molecule is CCCCC1CCC(c2ccc(CCc3ccc(OC(F)(F)F)cc3)c(F)c2)CC1. The van der Waals surface area contributed by atoms with E-state index in [1.54, 1.807) is 18.2 Å². The van der Waals surface area contributed by atoms with Gasteiger partial charge in [0, 0.05) is 0 Å². The number of aryl methyl sites for hydroxylation is 2. The Bertz CT molecular complexity index is 790. The third-order valence-corrected chi connectivity index (χ3v) is 6.20. The van der Waals surface area contributed by atoms with Crippen molar-refractivity contribution in [1.29, 1.82) is 0 Å². The van der Waals surface area contributed by atoms with Gasteiger partial charge < -0.3 is 4.74 Å². The summed E-state index contributed by atoms with van der Waals surface area (Å²) in [7, 11) is 0. The predicted molar refractivity (Wildman–Crippen MR) is 111 cm³/mol. The fraction of sp³-hybridized carbons (Fsp3) is 0.520. The minimum absolute atomic E-state index is 0.183. The summed E-state index contributed by atoms with van der Waals surface area (Å²) in [6, 6.07) is 11.4. The van der Waals surface area contributed by atoms with Crippen LogP contribution in [0, 0.1) is 11.7 Å². The lowest BCUT2D eigenvalue weighted by Crippen LogP contribution is -2.17. The van der Waals surface area contributed by atoms with Gasteiger partial charge in [0.2, 0.25) is 0 Å². The topological polar surface area (TPSA) is 9.23 Å². The standard InChI is InChI=1S/C25H30F4O/c1-2-3-4-18-5-10-20(11-6-18)22-14-13-21(24(26)17-22)12-7-19-8-15-23(16-9-19)30-25(27,28)29/h8-9,13-18,20H,2-7,10-12H2,1H3. The van der Waals surface area contributed by atoms with E-state index in [1.165, 1.54) is 44.2 Å². The summed E-state index contributed by atoms with van der Waals surface area (Å²) in [6.45, 7) is 2.23. The molecule has 0 radical (unpaired) electrons. The fourth-order valence-electron chi connectivity index (χ4n) is 4.43. The smallest absolute Gasteiger partial charge is 0.406 e. The quantitative estimate of drug-likeness (QED) is 0.392. The number of benzene rings is 2. The molecule has 0 N–H and O–H groups in total. The second-order valence-electron chi connectivity index (χ2n) is 8.40. The Labute approximate surface area is 176 Å². The first-order valence-electron chi connectivity index (χ1n) is 11.0. The number of alkyl halides is 3. The van der Waals surface area contributed by atoms with Crippen molar-refractivity contribution in [3.63, 3.8) is 0 Å². The molecule has 164 valence electrons. The van der Waals surface area contributed by atoms with E-state index in [0.29, 0.717) is 24.3 Å². The van der Waals surface area contributed by atoms with E-state index in [2.05, 4.69) is 17.7 Å². The van der Waals surface area contributed by atoms with Gasteiger partial charge in [-0.15, -0.1) is 13.2 Å². The van der Waals surface area contributed by atoms with Crippen LogP contribution in [0.15, 0.2) is 42.5 Å². The van der Waals surface area contributed by atoms with Gasteiger partial charge in [0.1, 0.15) is 11.6 Å². The Balaban J connectivity index is 1.52. The van der Waals surface area contributed by atoms with Gasteiger partial charge >= 0.3 is 6.36 Å². The van der Waals surface area contributed by atoms with E-state index in [1.807, 2.05) is 6.07 Å². The maximum Gasteiger partial charge on any atom is 0.573 e. The maximum absolute atomic E-state index is 14.7. The van der Waals surface area contributed by atoms with Crippen molar-refractivity contribution in [2.45, 2.75) is 77.0 Å². The van der Waals surface area contributed by atoms with E-state index in [4.69, 9.17) is 0 Å². The van der Waals surface area contributed by atoms with Crippen LogP contribution in [0.2, 0.25) is 0 Å². The normalized spacial score (nSPS) is 19.6. The van der Waals surface area contributed by atoms with Crippen LogP contribution >= 0.6 is 0 Å². The van der Waals surface area contributed by atoms with Crippen LogP contribution in [0.5, 0.6) is 5.75 Å². The van der Waals surface area contributed by atoms with Crippen LogP contribution < -0.4 is 4.74 Å². The van der Waals surface area contributed by atoms with Crippen molar-refractivity contribution in [2.24, 2.45) is 5.92 Å². The molecular formula is C25H30F4O. The third kappa shape index (κ3) is 6.75. The van der Waals surface area contributed by atoms with Crippen LogP contribution in [0.3, 0.4) is 0 Å². The summed E-state index contributed by atoms with van der Waals surface area (Å²) in [4.78, 5) is 0. The van der Waals surface area contributed by atoms with E-state index in [9.17, 15) is 17.6 Å². The molecule has 0 heterocycles. The van der Waals surface area contributed by atoms with Gasteiger partial charge in [-0.25, -0.2) is 4.39 Å². The molecule has 1 nitrogen and oxygen atoms in total. The van der Waals surface area contributed by atoms with Crippen molar-refractivity contribution >= 4 is 0 Å². The molecule has 3 rings (SSSR count). The second-order valence-corrected chi connectivity index (χ2v) is 8.40. The van der Waals surface area contributed by atoms with Crippen LogP contribution in [0.1, 0.15) is 74.5 Å². The highest BCUT2D eigenvalue weighted by molar-refractivity contribution is 5.30. The summed E-state index contributed by atoms with van der Waals surface area (Å²) in [5.74, 6) is 0.856. The summed E-state index contributed by atoms with van der Waals surface area (Å²) in [5.41, 5.74) is 2.59. The number of hydrogen-bond acceptors (Lipinski definition) is 1. The largest absolute Gasteiger partial charge is 0.573 e. The molecule has 0 amide bonds.